The van der Waals surface area contributed by atoms with Crippen LogP contribution in [0.25, 0.3) is 0 Å². The summed E-state index contributed by atoms with van der Waals surface area (Å²) in [5.41, 5.74) is 4.61. The molecule has 134 valence electrons. The van der Waals surface area contributed by atoms with Crippen molar-refractivity contribution in [1.82, 2.24) is 10.3 Å². The van der Waals surface area contributed by atoms with E-state index < -0.39 is 15.9 Å². The van der Waals surface area contributed by atoms with E-state index in [-0.39, 0.29) is 4.90 Å². The molecule has 0 radical (unpaired) electrons. The number of benzene rings is 1. The summed E-state index contributed by atoms with van der Waals surface area (Å²) in [7, 11) is -3.78. The van der Waals surface area contributed by atoms with Crippen molar-refractivity contribution in [2.45, 2.75) is 50.3 Å². The van der Waals surface area contributed by atoms with Gasteiger partial charge in [-0.25, -0.2) is 8.42 Å². The third kappa shape index (κ3) is 3.94. The average molecular weight is 379 g/mol. The smallest absolute Gasteiger partial charge is 0.273 e. The number of amides is 1. The Morgan fingerprint density at radius 2 is 1.96 bits per heavy atom. The number of nitrogens with one attached hydrogen (secondary N) is 2. The number of carbonyl (C=O) groups excluding carboxylic acids is 1. The number of carbonyl (C=O) groups is 1. The summed E-state index contributed by atoms with van der Waals surface area (Å²) in [6.07, 6.45) is 4.11. The van der Waals surface area contributed by atoms with E-state index in [4.69, 9.17) is 0 Å². The molecule has 0 unspecified atom stereocenters. The van der Waals surface area contributed by atoms with Crippen molar-refractivity contribution in [3.05, 3.63) is 51.2 Å². The summed E-state index contributed by atoms with van der Waals surface area (Å²) in [6.45, 7) is 4.19. The first-order chi connectivity index (χ1) is 11.9. The van der Waals surface area contributed by atoms with Crippen LogP contribution >= 0.6 is 11.3 Å². The third-order valence-electron chi connectivity index (χ3n) is 4.64. The van der Waals surface area contributed by atoms with E-state index in [1.54, 1.807) is 12.1 Å². The minimum atomic E-state index is -3.78. The summed E-state index contributed by atoms with van der Waals surface area (Å²) in [6, 6.07) is 8.62. The van der Waals surface area contributed by atoms with Crippen LogP contribution in [-0.4, -0.2) is 14.3 Å². The molecule has 2 aromatic rings. The second-order valence-electron chi connectivity index (χ2n) is 6.35. The van der Waals surface area contributed by atoms with E-state index in [0.29, 0.717) is 10.8 Å². The maximum atomic E-state index is 12.3. The summed E-state index contributed by atoms with van der Waals surface area (Å²) < 4.78 is 24.7. The highest BCUT2D eigenvalue weighted by Crippen LogP contribution is 2.30. The Labute approximate surface area is 152 Å². The van der Waals surface area contributed by atoms with Crippen LogP contribution in [0.3, 0.4) is 0 Å². The first kappa shape index (κ1) is 18.1. The fourth-order valence-corrected chi connectivity index (χ4v) is 4.87. The maximum absolute atomic E-state index is 12.3. The summed E-state index contributed by atoms with van der Waals surface area (Å²) >= 11 is 1.44. The van der Waals surface area contributed by atoms with E-state index in [2.05, 4.69) is 24.1 Å². The van der Waals surface area contributed by atoms with Gasteiger partial charge >= 0.3 is 0 Å². The molecule has 1 amide bonds. The van der Waals surface area contributed by atoms with Gasteiger partial charge in [-0.15, -0.1) is 16.2 Å². The predicted octanol–water partition coefficient (Wildman–Crippen LogP) is 3.37. The molecular weight excluding hydrogens is 356 g/mol. The van der Waals surface area contributed by atoms with Gasteiger partial charge in [-0.3, -0.25) is 10.2 Å². The van der Waals surface area contributed by atoms with Gasteiger partial charge in [0.05, 0.1) is 9.77 Å². The Hall–Kier alpha value is -1.70. The second-order valence-corrected chi connectivity index (χ2v) is 9.17. The fourth-order valence-electron chi connectivity index (χ4n) is 2.89. The molecule has 0 spiro atoms. The molecule has 0 fully saturated rings. The lowest BCUT2D eigenvalue weighted by Gasteiger charge is -2.11. The van der Waals surface area contributed by atoms with Crippen molar-refractivity contribution in [2.24, 2.45) is 0 Å². The van der Waals surface area contributed by atoms with Crippen molar-refractivity contribution >= 4 is 27.3 Å². The van der Waals surface area contributed by atoms with Gasteiger partial charge in [0.15, 0.2) is 0 Å². The van der Waals surface area contributed by atoms with E-state index in [9.17, 15) is 13.2 Å². The second kappa shape index (κ2) is 7.27. The zero-order chi connectivity index (χ0) is 18.0. The van der Waals surface area contributed by atoms with Crippen molar-refractivity contribution in [3.8, 4) is 0 Å². The number of hydrogen-bond acceptors (Lipinski definition) is 4. The quantitative estimate of drug-likeness (QED) is 0.757. The molecule has 0 aliphatic heterocycles. The van der Waals surface area contributed by atoms with Crippen LogP contribution in [0.2, 0.25) is 0 Å². The Morgan fingerprint density at radius 1 is 1.24 bits per heavy atom. The topological polar surface area (TPSA) is 75.3 Å². The zero-order valence-corrected chi connectivity index (χ0v) is 16.0. The number of sulfonamides is 1. The Bertz CT molecular complexity index is 849. The average Bonchev–Trinajstić information content (AvgIpc) is 3.21. The SMILES string of the molecule is CC[C@H](C)c1ccc(S(=O)(=O)NNC(=O)c2cc3c(s2)CCC3)cc1. The third-order valence-corrected chi connectivity index (χ3v) is 7.14. The van der Waals surface area contributed by atoms with Crippen molar-refractivity contribution in [3.63, 3.8) is 0 Å². The number of rotatable bonds is 6. The molecule has 25 heavy (non-hydrogen) atoms. The van der Waals surface area contributed by atoms with Crippen LogP contribution in [0.5, 0.6) is 0 Å². The fraction of sp³-hybridized carbons (Fsp3) is 0.389. The first-order valence-corrected chi connectivity index (χ1v) is 10.7. The van der Waals surface area contributed by atoms with E-state index in [0.717, 1.165) is 31.2 Å². The number of hydrogen-bond donors (Lipinski definition) is 2. The van der Waals surface area contributed by atoms with E-state index in [1.165, 1.54) is 21.8 Å². The lowest BCUT2D eigenvalue weighted by Crippen LogP contribution is -2.41. The standard InChI is InChI=1S/C18H22N2O3S2/c1-3-12(2)13-7-9-15(10-8-13)25(22,23)20-19-18(21)17-11-14-5-4-6-16(14)24-17/h7-12,20H,3-6H2,1-2H3,(H,19,21)/t12-/m0/s1. The molecular formula is C18H22N2O3S2. The molecule has 0 saturated heterocycles. The molecule has 1 aromatic heterocycles. The van der Waals surface area contributed by atoms with Gasteiger partial charge in [0.2, 0.25) is 0 Å². The van der Waals surface area contributed by atoms with Gasteiger partial charge in [-0.2, -0.15) is 0 Å². The van der Waals surface area contributed by atoms with Gasteiger partial charge in [-0.05, 0) is 60.9 Å². The lowest BCUT2D eigenvalue weighted by molar-refractivity contribution is 0.0949. The highest BCUT2D eigenvalue weighted by Gasteiger charge is 2.20. The Kier molecular flexibility index (Phi) is 5.27. The number of fused-ring (bicyclic) bond motifs is 1. The first-order valence-electron chi connectivity index (χ1n) is 8.44. The number of aryl methyl sites for hydroxylation is 2. The van der Waals surface area contributed by atoms with Crippen LogP contribution in [0.1, 0.15) is 58.3 Å². The maximum Gasteiger partial charge on any atom is 0.276 e. The van der Waals surface area contributed by atoms with Crippen molar-refractivity contribution < 1.29 is 13.2 Å². The van der Waals surface area contributed by atoms with Gasteiger partial charge in [0.1, 0.15) is 0 Å². The van der Waals surface area contributed by atoms with Crippen LogP contribution in [0.15, 0.2) is 35.2 Å². The highest BCUT2D eigenvalue weighted by atomic mass is 32.2. The lowest BCUT2D eigenvalue weighted by atomic mass is 9.99. The van der Waals surface area contributed by atoms with Crippen LogP contribution in [0.4, 0.5) is 0 Å². The van der Waals surface area contributed by atoms with Crippen LogP contribution in [0, 0.1) is 0 Å². The molecule has 7 heteroatoms. The van der Waals surface area contributed by atoms with Gasteiger partial charge < -0.3 is 0 Å². The number of thiophene rings is 1. The Balaban J connectivity index is 1.65. The van der Waals surface area contributed by atoms with Crippen molar-refractivity contribution in [1.29, 1.82) is 0 Å². The molecule has 3 rings (SSSR count). The minimum absolute atomic E-state index is 0.133. The molecule has 1 heterocycles. The number of hydrazine groups is 1. The van der Waals surface area contributed by atoms with Crippen LogP contribution in [-0.2, 0) is 22.9 Å². The van der Waals surface area contributed by atoms with Gasteiger partial charge in [-0.1, -0.05) is 26.0 Å². The monoisotopic (exact) mass is 378 g/mol. The summed E-state index contributed by atoms with van der Waals surface area (Å²) in [5, 5.41) is 0. The molecule has 1 atom stereocenters. The van der Waals surface area contributed by atoms with Gasteiger partial charge in [0.25, 0.3) is 15.9 Å². The molecule has 0 bridgehead atoms. The molecule has 2 N–H and O–H groups in total. The Morgan fingerprint density at radius 3 is 2.60 bits per heavy atom. The predicted molar refractivity (Wildman–Crippen MR) is 99.3 cm³/mol. The van der Waals surface area contributed by atoms with E-state index >= 15 is 0 Å². The summed E-state index contributed by atoms with van der Waals surface area (Å²) in [5.74, 6) is -0.0376. The van der Waals surface area contributed by atoms with Crippen molar-refractivity contribution in [2.75, 3.05) is 0 Å². The highest BCUT2D eigenvalue weighted by molar-refractivity contribution is 7.89. The molecule has 0 saturated carbocycles. The molecule has 1 aromatic carbocycles. The minimum Gasteiger partial charge on any atom is -0.273 e. The summed E-state index contributed by atoms with van der Waals surface area (Å²) in [4.78, 5) is 16.3. The molecule has 1 aliphatic rings. The molecule has 5 nitrogen and oxygen atoms in total. The normalized spacial score (nSPS) is 15.0. The largest absolute Gasteiger partial charge is 0.276 e. The van der Waals surface area contributed by atoms with Crippen LogP contribution < -0.4 is 10.3 Å². The molecule has 1 aliphatic carbocycles. The van der Waals surface area contributed by atoms with E-state index in [1.807, 2.05) is 18.2 Å². The zero-order valence-electron chi connectivity index (χ0n) is 14.3. The van der Waals surface area contributed by atoms with Gasteiger partial charge in [0, 0.05) is 4.88 Å².